The lowest BCUT2D eigenvalue weighted by molar-refractivity contribution is 0.480. The van der Waals surface area contributed by atoms with Gasteiger partial charge in [-0.05, 0) is 25.0 Å². The number of hydrogen-bond acceptors (Lipinski definition) is 4. The molecule has 1 aromatic rings. The van der Waals surface area contributed by atoms with Gasteiger partial charge < -0.3 is 0 Å². The molecule has 0 aliphatic rings. The van der Waals surface area contributed by atoms with Gasteiger partial charge in [0.2, 0.25) is 10.0 Å². The second-order valence-corrected chi connectivity index (χ2v) is 7.19. The van der Waals surface area contributed by atoms with Gasteiger partial charge in [0.05, 0.1) is 11.5 Å². The van der Waals surface area contributed by atoms with Crippen LogP contribution in [0.3, 0.4) is 0 Å². The lowest BCUT2D eigenvalue weighted by Gasteiger charge is -2.07. The van der Waals surface area contributed by atoms with E-state index in [2.05, 4.69) is 4.72 Å². The lowest BCUT2D eigenvalue weighted by Crippen LogP contribution is -2.17. The van der Waals surface area contributed by atoms with Crippen molar-refractivity contribution in [2.24, 2.45) is 0 Å². The number of nitrogens with one attached hydrogen (secondary N) is 1. The van der Waals surface area contributed by atoms with E-state index in [1.807, 2.05) is 0 Å². The van der Waals surface area contributed by atoms with Crippen LogP contribution in [0.2, 0.25) is 0 Å². The summed E-state index contributed by atoms with van der Waals surface area (Å²) in [5, 5.41) is 0. The predicted molar refractivity (Wildman–Crippen MR) is 69.5 cm³/mol. The normalized spacial score (nSPS) is 12.3. The quantitative estimate of drug-likeness (QED) is 0.579. The molecule has 0 saturated heterocycles. The highest BCUT2D eigenvalue weighted by molar-refractivity contribution is 7.92. The van der Waals surface area contributed by atoms with Crippen LogP contribution in [0.1, 0.15) is 12.8 Å². The molecule has 0 aliphatic carbocycles. The van der Waals surface area contributed by atoms with Gasteiger partial charge in [0.25, 0.3) is 10.1 Å². The van der Waals surface area contributed by atoms with Crippen molar-refractivity contribution in [2.75, 3.05) is 16.2 Å². The van der Waals surface area contributed by atoms with Crippen LogP contribution in [0.15, 0.2) is 30.3 Å². The minimum Gasteiger partial charge on any atom is -0.286 e. The fourth-order valence-corrected chi connectivity index (χ4v) is 3.06. The molecule has 0 bridgehead atoms. The van der Waals surface area contributed by atoms with Crippen LogP contribution in [0.4, 0.5) is 5.69 Å². The Hall–Kier alpha value is -1.12. The summed E-state index contributed by atoms with van der Waals surface area (Å²) in [6, 6.07) is 8.42. The van der Waals surface area contributed by atoms with Crippen LogP contribution in [0.25, 0.3) is 0 Å². The van der Waals surface area contributed by atoms with E-state index in [0.717, 1.165) is 0 Å². The van der Waals surface area contributed by atoms with Crippen molar-refractivity contribution < 1.29 is 21.4 Å². The standard InChI is InChI=1S/C10H15NO5S2/c12-17(13,8-4-5-9-18(14,15)16)11-10-6-2-1-3-7-10/h1-3,6-7,11H,4-5,8-9H2,(H,14,15,16). The van der Waals surface area contributed by atoms with Crippen LogP contribution < -0.4 is 4.72 Å². The molecule has 0 spiro atoms. The van der Waals surface area contributed by atoms with Gasteiger partial charge in [-0.1, -0.05) is 18.2 Å². The molecular weight excluding hydrogens is 278 g/mol. The minimum absolute atomic E-state index is 0.106. The molecular formula is C10H15NO5S2. The summed E-state index contributed by atoms with van der Waals surface area (Å²) < 4.78 is 54.9. The van der Waals surface area contributed by atoms with E-state index in [1.165, 1.54) is 0 Å². The Morgan fingerprint density at radius 1 is 0.944 bits per heavy atom. The predicted octanol–water partition coefficient (Wildman–Crippen LogP) is 1.10. The number of anilines is 1. The summed E-state index contributed by atoms with van der Waals surface area (Å²) in [6.45, 7) is 0. The van der Waals surface area contributed by atoms with Gasteiger partial charge in [0.15, 0.2) is 0 Å². The van der Waals surface area contributed by atoms with E-state index in [-0.39, 0.29) is 18.6 Å². The lowest BCUT2D eigenvalue weighted by atomic mass is 10.3. The van der Waals surface area contributed by atoms with Gasteiger partial charge in [-0.3, -0.25) is 9.27 Å². The fourth-order valence-electron chi connectivity index (χ4n) is 1.31. The fraction of sp³-hybridized carbons (Fsp3) is 0.400. The highest BCUT2D eigenvalue weighted by Crippen LogP contribution is 2.09. The third-order valence-electron chi connectivity index (χ3n) is 2.11. The minimum atomic E-state index is -4.02. The number of sulfonamides is 1. The van der Waals surface area contributed by atoms with Crippen molar-refractivity contribution in [3.8, 4) is 0 Å². The first-order valence-electron chi connectivity index (χ1n) is 5.29. The van der Waals surface area contributed by atoms with Crippen molar-refractivity contribution in [1.29, 1.82) is 0 Å². The van der Waals surface area contributed by atoms with Gasteiger partial charge in [-0.15, -0.1) is 0 Å². The van der Waals surface area contributed by atoms with Crippen molar-refractivity contribution in [2.45, 2.75) is 12.8 Å². The van der Waals surface area contributed by atoms with Gasteiger partial charge in [0.1, 0.15) is 0 Å². The number of para-hydroxylation sites is 1. The van der Waals surface area contributed by atoms with Crippen LogP contribution >= 0.6 is 0 Å². The van der Waals surface area contributed by atoms with Gasteiger partial charge in [0, 0.05) is 5.69 Å². The zero-order valence-corrected chi connectivity index (χ0v) is 11.2. The van der Waals surface area contributed by atoms with Crippen molar-refractivity contribution in [3.63, 3.8) is 0 Å². The molecule has 18 heavy (non-hydrogen) atoms. The van der Waals surface area contributed by atoms with E-state index in [9.17, 15) is 16.8 Å². The van der Waals surface area contributed by atoms with Crippen molar-refractivity contribution in [3.05, 3.63) is 30.3 Å². The highest BCUT2D eigenvalue weighted by atomic mass is 32.2. The third kappa shape index (κ3) is 6.58. The topological polar surface area (TPSA) is 101 Å². The molecule has 6 nitrogen and oxygen atoms in total. The first-order chi connectivity index (χ1) is 8.29. The van der Waals surface area contributed by atoms with Crippen molar-refractivity contribution in [1.82, 2.24) is 0 Å². The molecule has 0 heterocycles. The van der Waals surface area contributed by atoms with Crippen LogP contribution in [-0.4, -0.2) is 32.9 Å². The molecule has 0 atom stereocenters. The summed E-state index contributed by atoms with van der Waals surface area (Å²) in [4.78, 5) is 0. The van der Waals surface area contributed by atoms with Crippen LogP contribution in [0, 0.1) is 0 Å². The Balaban J connectivity index is 2.42. The Morgan fingerprint density at radius 2 is 1.50 bits per heavy atom. The second kappa shape index (κ2) is 6.17. The van der Waals surface area contributed by atoms with Crippen LogP contribution in [-0.2, 0) is 20.1 Å². The zero-order valence-electron chi connectivity index (χ0n) is 9.61. The smallest absolute Gasteiger partial charge is 0.264 e. The largest absolute Gasteiger partial charge is 0.286 e. The molecule has 1 rings (SSSR count). The molecule has 102 valence electrons. The Kier molecular flexibility index (Phi) is 5.12. The van der Waals surface area contributed by atoms with Crippen molar-refractivity contribution >= 4 is 25.8 Å². The summed E-state index contributed by atoms with van der Waals surface area (Å²) >= 11 is 0. The maximum atomic E-state index is 11.6. The van der Waals surface area contributed by atoms with Gasteiger partial charge >= 0.3 is 0 Å². The van der Waals surface area contributed by atoms with E-state index in [4.69, 9.17) is 4.55 Å². The number of unbranched alkanes of at least 4 members (excludes halogenated alkanes) is 1. The zero-order chi connectivity index (χ0) is 13.6. The second-order valence-electron chi connectivity index (χ2n) is 3.78. The number of hydrogen-bond donors (Lipinski definition) is 2. The van der Waals surface area contributed by atoms with Crippen LogP contribution in [0.5, 0.6) is 0 Å². The molecule has 0 amide bonds. The molecule has 0 unspecified atom stereocenters. The molecule has 0 aliphatic heterocycles. The first-order valence-corrected chi connectivity index (χ1v) is 8.55. The average molecular weight is 293 g/mol. The van der Waals surface area contributed by atoms with E-state index in [0.29, 0.717) is 5.69 Å². The summed E-state index contributed by atoms with van der Waals surface area (Å²) in [5.41, 5.74) is 0.465. The summed E-state index contributed by atoms with van der Waals surface area (Å²) in [7, 11) is -7.49. The molecule has 0 saturated carbocycles. The third-order valence-corrected chi connectivity index (χ3v) is 4.29. The molecule has 0 fully saturated rings. The molecule has 0 aromatic heterocycles. The molecule has 8 heteroatoms. The molecule has 1 aromatic carbocycles. The van der Waals surface area contributed by atoms with Gasteiger partial charge in [-0.25, -0.2) is 8.42 Å². The Labute approximate surface area is 107 Å². The van der Waals surface area contributed by atoms with E-state index in [1.54, 1.807) is 30.3 Å². The summed E-state index contributed by atoms with van der Waals surface area (Å²) in [6.07, 6.45) is 0.274. The highest BCUT2D eigenvalue weighted by Gasteiger charge is 2.11. The maximum Gasteiger partial charge on any atom is 0.264 e. The van der Waals surface area contributed by atoms with E-state index < -0.39 is 25.9 Å². The number of rotatable bonds is 7. The maximum absolute atomic E-state index is 11.6. The molecule has 2 N–H and O–H groups in total. The Bertz CT molecular complexity index is 566. The Morgan fingerprint density at radius 3 is 2.06 bits per heavy atom. The SMILES string of the molecule is O=S(=O)(O)CCCCS(=O)(=O)Nc1ccccc1. The van der Waals surface area contributed by atoms with Gasteiger partial charge in [-0.2, -0.15) is 8.42 Å². The average Bonchev–Trinajstić information content (AvgIpc) is 2.24. The summed E-state index contributed by atoms with van der Waals surface area (Å²) in [5.74, 6) is -0.606. The monoisotopic (exact) mass is 293 g/mol. The first kappa shape index (κ1) is 14.9. The number of benzene rings is 1. The molecule has 0 radical (unpaired) electrons. The van der Waals surface area contributed by atoms with E-state index >= 15 is 0 Å².